The number of nitrogens with one attached hydrogen (secondary N) is 1. The zero-order valence-corrected chi connectivity index (χ0v) is 12.1. The molecular formula is C14H22FNOS. The maximum absolute atomic E-state index is 13.8. The fourth-order valence-electron chi connectivity index (χ4n) is 1.68. The van der Waals surface area contributed by atoms with Gasteiger partial charge >= 0.3 is 0 Å². The van der Waals surface area contributed by atoms with Crippen molar-refractivity contribution in [2.24, 2.45) is 0 Å². The molecule has 0 radical (unpaired) electrons. The molecular weight excluding hydrogens is 249 g/mol. The van der Waals surface area contributed by atoms with Crippen LogP contribution in [0.3, 0.4) is 0 Å². The van der Waals surface area contributed by atoms with Crippen LogP contribution in [0, 0.1) is 5.82 Å². The standard InChI is InChI=1S/C14H22FNOS/c1-4-16-11(3)12-6-7-14(13(15)10-12)17-8-9-18-5-2/h6-7,10-11,16H,4-5,8-9H2,1-3H3. The Hall–Kier alpha value is -0.740. The van der Waals surface area contributed by atoms with E-state index < -0.39 is 0 Å². The third-order valence-electron chi connectivity index (χ3n) is 2.66. The number of hydrogen-bond donors (Lipinski definition) is 1. The highest BCUT2D eigenvalue weighted by Gasteiger charge is 2.09. The molecule has 102 valence electrons. The van der Waals surface area contributed by atoms with E-state index in [0.29, 0.717) is 12.4 Å². The second-order valence-electron chi connectivity index (χ2n) is 4.01. The molecule has 0 aliphatic heterocycles. The molecule has 0 spiro atoms. The van der Waals surface area contributed by atoms with Gasteiger partial charge in [-0.1, -0.05) is 19.9 Å². The molecule has 1 aromatic rings. The summed E-state index contributed by atoms with van der Waals surface area (Å²) < 4.78 is 19.2. The van der Waals surface area contributed by atoms with Crippen LogP contribution in [0.1, 0.15) is 32.4 Å². The first kappa shape index (κ1) is 15.3. The Morgan fingerprint density at radius 1 is 1.39 bits per heavy atom. The average molecular weight is 271 g/mol. The predicted molar refractivity (Wildman–Crippen MR) is 77.0 cm³/mol. The molecule has 0 bridgehead atoms. The predicted octanol–water partition coefficient (Wildman–Crippen LogP) is 3.63. The fourth-order valence-corrected chi connectivity index (χ4v) is 2.17. The van der Waals surface area contributed by atoms with E-state index in [2.05, 4.69) is 12.2 Å². The largest absolute Gasteiger partial charge is 0.490 e. The maximum Gasteiger partial charge on any atom is 0.165 e. The Morgan fingerprint density at radius 2 is 2.17 bits per heavy atom. The van der Waals surface area contributed by atoms with Crippen molar-refractivity contribution in [1.82, 2.24) is 5.32 Å². The van der Waals surface area contributed by atoms with E-state index in [0.717, 1.165) is 23.6 Å². The first-order valence-electron chi connectivity index (χ1n) is 6.42. The molecule has 1 unspecified atom stereocenters. The Balaban J connectivity index is 2.56. The SMILES string of the molecule is CCNC(C)c1ccc(OCCSCC)c(F)c1. The molecule has 1 aromatic carbocycles. The third kappa shape index (κ3) is 4.86. The molecule has 0 amide bonds. The zero-order chi connectivity index (χ0) is 13.4. The number of benzene rings is 1. The van der Waals surface area contributed by atoms with Crippen molar-refractivity contribution in [2.75, 3.05) is 24.7 Å². The lowest BCUT2D eigenvalue weighted by atomic mass is 10.1. The van der Waals surface area contributed by atoms with Crippen molar-refractivity contribution < 1.29 is 9.13 Å². The average Bonchev–Trinajstić information content (AvgIpc) is 2.36. The topological polar surface area (TPSA) is 21.3 Å². The van der Waals surface area contributed by atoms with E-state index in [1.807, 2.05) is 19.9 Å². The van der Waals surface area contributed by atoms with Crippen LogP contribution >= 0.6 is 11.8 Å². The lowest BCUT2D eigenvalue weighted by molar-refractivity contribution is 0.324. The second-order valence-corrected chi connectivity index (χ2v) is 5.41. The number of halogens is 1. The quantitative estimate of drug-likeness (QED) is 0.730. The number of thioether (sulfide) groups is 1. The summed E-state index contributed by atoms with van der Waals surface area (Å²) in [5.74, 6) is 2.02. The molecule has 0 aliphatic carbocycles. The number of ether oxygens (including phenoxy) is 1. The summed E-state index contributed by atoms with van der Waals surface area (Å²) in [5, 5.41) is 3.26. The van der Waals surface area contributed by atoms with Crippen molar-refractivity contribution in [2.45, 2.75) is 26.8 Å². The third-order valence-corrected chi connectivity index (χ3v) is 3.52. The first-order valence-corrected chi connectivity index (χ1v) is 7.57. The number of hydrogen-bond acceptors (Lipinski definition) is 3. The van der Waals surface area contributed by atoms with Crippen LogP contribution < -0.4 is 10.1 Å². The van der Waals surface area contributed by atoms with E-state index in [9.17, 15) is 4.39 Å². The summed E-state index contributed by atoms with van der Waals surface area (Å²) in [4.78, 5) is 0. The summed E-state index contributed by atoms with van der Waals surface area (Å²) in [6.45, 7) is 7.58. The molecule has 18 heavy (non-hydrogen) atoms. The van der Waals surface area contributed by atoms with Crippen molar-refractivity contribution in [3.05, 3.63) is 29.6 Å². The van der Waals surface area contributed by atoms with Gasteiger partial charge in [-0.05, 0) is 36.9 Å². The Morgan fingerprint density at radius 3 is 2.78 bits per heavy atom. The lowest BCUT2D eigenvalue weighted by Crippen LogP contribution is -2.17. The lowest BCUT2D eigenvalue weighted by Gasteiger charge is -2.14. The van der Waals surface area contributed by atoms with Crippen LogP contribution in [0.2, 0.25) is 0 Å². The van der Waals surface area contributed by atoms with Crippen LogP contribution in [0.15, 0.2) is 18.2 Å². The molecule has 1 N–H and O–H groups in total. The molecule has 0 fully saturated rings. The Labute approximate surface area is 113 Å². The van der Waals surface area contributed by atoms with Crippen LogP contribution in [-0.4, -0.2) is 24.7 Å². The van der Waals surface area contributed by atoms with Crippen LogP contribution in [0.25, 0.3) is 0 Å². The Bertz CT molecular complexity index is 360. The molecule has 0 aliphatic rings. The fraction of sp³-hybridized carbons (Fsp3) is 0.571. The molecule has 0 heterocycles. The monoisotopic (exact) mass is 271 g/mol. The molecule has 0 aromatic heterocycles. The maximum atomic E-state index is 13.8. The van der Waals surface area contributed by atoms with Gasteiger partial charge in [0.25, 0.3) is 0 Å². The van der Waals surface area contributed by atoms with Crippen molar-refractivity contribution in [1.29, 1.82) is 0 Å². The van der Waals surface area contributed by atoms with Gasteiger partial charge in [-0.25, -0.2) is 4.39 Å². The van der Waals surface area contributed by atoms with Crippen molar-refractivity contribution in [3.8, 4) is 5.75 Å². The van der Waals surface area contributed by atoms with Gasteiger partial charge in [-0.3, -0.25) is 0 Å². The van der Waals surface area contributed by atoms with Crippen LogP contribution in [-0.2, 0) is 0 Å². The summed E-state index contributed by atoms with van der Waals surface area (Å²) in [6, 6.07) is 5.35. The summed E-state index contributed by atoms with van der Waals surface area (Å²) in [5.41, 5.74) is 0.949. The highest BCUT2D eigenvalue weighted by Crippen LogP contribution is 2.22. The normalized spacial score (nSPS) is 12.4. The molecule has 4 heteroatoms. The van der Waals surface area contributed by atoms with Crippen molar-refractivity contribution >= 4 is 11.8 Å². The minimum absolute atomic E-state index is 0.161. The summed E-state index contributed by atoms with van der Waals surface area (Å²) in [7, 11) is 0. The smallest absolute Gasteiger partial charge is 0.165 e. The number of rotatable bonds is 8. The van der Waals surface area contributed by atoms with Crippen LogP contribution in [0.5, 0.6) is 5.75 Å². The van der Waals surface area contributed by atoms with E-state index >= 15 is 0 Å². The van der Waals surface area contributed by atoms with Gasteiger partial charge in [0.1, 0.15) is 0 Å². The Kier molecular flexibility index (Phi) is 7.13. The van der Waals surface area contributed by atoms with E-state index in [1.165, 1.54) is 0 Å². The molecule has 0 saturated carbocycles. The highest BCUT2D eigenvalue weighted by atomic mass is 32.2. The van der Waals surface area contributed by atoms with Gasteiger partial charge < -0.3 is 10.1 Å². The summed E-state index contributed by atoms with van der Waals surface area (Å²) in [6.07, 6.45) is 0. The van der Waals surface area contributed by atoms with Gasteiger partial charge in [0.05, 0.1) is 6.61 Å². The molecule has 0 saturated heterocycles. The molecule has 2 nitrogen and oxygen atoms in total. The van der Waals surface area contributed by atoms with Gasteiger partial charge in [-0.2, -0.15) is 11.8 Å². The zero-order valence-electron chi connectivity index (χ0n) is 11.3. The van der Waals surface area contributed by atoms with Crippen LogP contribution in [0.4, 0.5) is 4.39 Å². The first-order chi connectivity index (χ1) is 8.69. The second kappa shape index (κ2) is 8.38. The summed E-state index contributed by atoms with van der Waals surface area (Å²) >= 11 is 1.79. The van der Waals surface area contributed by atoms with E-state index in [4.69, 9.17) is 4.74 Å². The van der Waals surface area contributed by atoms with Gasteiger partial charge in [-0.15, -0.1) is 0 Å². The van der Waals surface area contributed by atoms with Gasteiger partial charge in [0.2, 0.25) is 0 Å². The van der Waals surface area contributed by atoms with E-state index in [-0.39, 0.29) is 11.9 Å². The van der Waals surface area contributed by atoms with Gasteiger partial charge in [0.15, 0.2) is 11.6 Å². The highest BCUT2D eigenvalue weighted by molar-refractivity contribution is 7.99. The molecule has 1 rings (SSSR count). The minimum Gasteiger partial charge on any atom is -0.490 e. The van der Waals surface area contributed by atoms with Gasteiger partial charge in [0, 0.05) is 11.8 Å². The van der Waals surface area contributed by atoms with Crippen molar-refractivity contribution in [3.63, 3.8) is 0 Å². The molecule has 1 atom stereocenters. The minimum atomic E-state index is -0.279. The van der Waals surface area contributed by atoms with E-state index in [1.54, 1.807) is 23.9 Å².